The standard InChI is InChI=1S/C58H76O5S2Si/c1-46(2)26-23-28-48(4)42-54(64(59,60)52-32-15-11-16-33-52)44-50(6)30-25-31-51(7)45-55(65(61,62)53-34-17-12-18-35-53)43-49(5)29-24-27-47(3)40-41-63-66(58(8,9)10,56-36-19-13-20-37-56)57-38-21-14-22-39-57/h11-22,26,29-30,32-40,42,45,54-55H,23-25,27-28,31,41,43-44H2,1-10H3/b47-40-,48-42+,49-29-,50-30-,51-45-. The van der Waals surface area contributed by atoms with Gasteiger partial charge in [-0.1, -0.05) is 188 Å². The third-order valence-electron chi connectivity index (χ3n) is 12.2. The van der Waals surface area contributed by atoms with E-state index in [9.17, 15) is 16.8 Å². The minimum atomic E-state index is -3.67. The van der Waals surface area contributed by atoms with Crippen molar-refractivity contribution in [2.75, 3.05) is 6.61 Å². The largest absolute Gasteiger partial charge is 0.404 e. The molecule has 0 aliphatic rings. The van der Waals surface area contributed by atoms with Gasteiger partial charge in [0.2, 0.25) is 0 Å². The van der Waals surface area contributed by atoms with Gasteiger partial charge in [0.25, 0.3) is 8.32 Å². The van der Waals surface area contributed by atoms with Crippen LogP contribution in [-0.2, 0) is 24.1 Å². The van der Waals surface area contributed by atoms with E-state index < -0.39 is 38.5 Å². The topological polar surface area (TPSA) is 77.5 Å². The monoisotopic (exact) mass is 944 g/mol. The van der Waals surface area contributed by atoms with E-state index in [0.29, 0.717) is 42.1 Å². The van der Waals surface area contributed by atoms with Gasteiger partial charge in [-0.25, -0.2) is 16.8 Å². The Bertz CT molecular complexity index is 2500. The van der Waals surface area contributed by atoms with Crippen LogP contribution in [0.4, 0.5) is 0 Å². The zero-order valence-electron chi connectivity index (χ0n) is 41.4. The Hall–Kier alpha value is -4.60. The van der Waals surface area contributed by atoms with Gasteiger partial charge in [-0.05, 0) is 140 Å². The van der Waals surface area contributed by atoms with Crippen LogP contribution < -0.4 is 10.4 Å². The molecule has 0 amide bonds. The number of sulfone groups is 2. The summed E-state index contributed by atoms with van der Waals surface area (Å²) < 4.78 is 63.3. The molecule has 354 valence electrons. The van der Waals surface area contributed by atoms with Gasteiger partial charge in [0.05, 0.1) is 26.9 Å². The fourth-order valence-electron chi connectivity index (χ4n) is 8.54. The van der Waals surface area contributed by atoms with Crippen molar-refractivity contribution in [3.05, 3.63) is 191 Å². The summed E-state index contributed by atoms with van der Waals surface area (Å²) >= 11 is 0. The van der Waals surface area contributed by atoms with Gasteiger partial charge in [0.15, 0.2) is 19.7 Å². The Morgan fingerprint density at radius 3 is 1.20 bits per heavy atom. The third-order valence-corrected chi connectivity index (χ3v) is 21.3. The van der Waals surface area contributed by atoms with Crippen LogP contribution >= 0.6 is 0 Å². The van der Waals surface area contributed by atoms with E-state index in [4.69, 9.17) is 4.43 Å². The molecule has 0 heterocycles. The van der Waals surface area contributed by atoms with Crippen molar-refractivity contribution >= 4 is 38.4 Å². The van der Waals surface area contributed by atoms with Crippen LogP contribution in [0.5, 0.6) is 0 Å². The predicted molar refractivity (Wildman–Crippen MR) is 284 cm³/mol. The zero-order chi connectivity index (χ0) is 48.4. The summed E-state index contributed by atoms with van der Waals surface area (Å²) in [7, 11) is -9.93. The molecule has 0 aromatic heterocycles. The molecule has 8 heteroatoms. The van der Waals surface area contributed by atoms with E-state index in [0.717, 1.165) is 48.0 Å². The second-order valence-corrected chi connectivity index (χ2v) is 27.9. The molecule has 4 aromatic carbocycles. The average molecular weight is 945 g/mol. The van der Waals surface area contributed by atoms with Crippen LogP contribution in [0.25, 0.3) is 0 Å². The molecule has 66 heavy (non-hydrogen) atoms. The van der Waals surface area contributed by atoms with E-state index in [-0.39, 0.29) is 5.04 Å². The normalized spacial score (nSPS) is 14.8. The van der Waals surface area contributed by atoms with Crippen molar-refractivity contribution in [3.8, 4) is 0 Å². The van der Waals surface area contributed by atoms with Gasteiger partial charge in [0.1, 0.15) is 0 Å². The Labute approximate surface area is 401 Å². The summed E-state index contributed by atoms with van der Waals surface area (Å²) in [4.78, 5) is 0.644. The van der Waals surface area contributed by atoms with Crippen LogP contribution in [0.15, 0.2) is 201 Å². The van der Waals surface area contributed by atoms with Crippen molar-refractivity contribution in [3.63, 3.8) is 0 Å². The molecule has 2 atom stereocenters. The molecule has 0 saturated heterocycles. The van der Waals surface area contributed by atoms with Crippen molar-refractivity contribution < 1.29 is 21.3 Å². The van der Waals surface area contributed by atoms with Crippen LogP contribution in [-0.4, -0.2) is 42.3 Å². The highest BCUT2D eigenvalue weighted by Crippen LogP contribution is 2.37. The van der Waals surface area contributed by atoms with E-state index in [1.807, 2.05) is 52.0 Å². The van der Waals surface area contributed by atoms with Gasteiger partial charge in [-0.2, -0.15) is 0 Å². The lowest BCUT2D eigenvalue weighted by Gasteiger charge is -2.42. The van der Waals surface area contributed by atoms with E-state index in [1.165, 1.54) is 21.5 Å². The molecular formula is C58H76O5S2Si. The second kappa shape index (κ2) is 25.5. The van der Waals surface area contributed by atoms with Gasteiger partial charge >= 0.3 is 0 Å². The van der Waals surface area contributed by atoms with E-state index in [2.05, 4.69) is 127 Å². The van der Waals surface area contributed by atoms with Crippen molar-refractivity contribution in [1.29, 1.82) is 0 Å². The Morgan fingerprint density at radius 2 is 0.833 bits per heavy atom. The highest BCUT2D eigenvalue weighted by molar-refractivity contribution is 7.92. The molecule has 4 rings (SSSR count). The van der Waals surface area contributed by atoms with Crippen molar-refractivity contribution in [1.82, 2.24) is 0 Å². The molecule has 0 aliphatic heterocycles. The lowest BCUT2D eigenvalue weighted by molar-refractivity contribution is 0.338. The molecule has 4 aromatic rings. The summed E-state index contributed by atoms with van der Waals surface area (Å²) in [6, 6.07) is 38.8. The smallest absolute Gasteiger partial charge is 0.261 e. The summed E-state index contributed by atoms with van der Waals surface area (Å²) in [6.07, 6.45) is 18.0. The first-order chi connectivity index (χ1) is 31.3. The Balaban J connectivity index is 1.47. The average Bonchev–Trinajstić information content (AvgIpc) is 3.28. The highest BCUT2D eigenvalue weighted by Gasteiger charge is 2.50. The number of allylic oxidation sites excluding steroid dienone is 9. The SMILES string of the molecule is CC(C)=CCC/C(C)=C/C(C/C(C)=C\CC/C(C)=C\C(C/C(C)=C\CC/C(C)=C\CO[Si](c1ccccc1)(c1ccccc1)C(C)(C)C)S(=O)(=O)c1ccccc1)S(=O)(=O)c1ccccc1. The zero-order valence-corrected chi connectivity index (χ0v) is 44.0. The molecule has 0 aliphatic carbocycles. The summed E-state index contributed by atoms with van der Waals surface area (Å²) in [6.45, 7) is 21.7. The molecule has 0 N–H and O–H groups in total. The number of hydrogen-bond donors (Lipinski definition) is 0. The summed E-state index contributed by atoms with van der Waals surface area (Å²) in [5.41, 5.74) is 6.55. The highest BCUT2D eigenvalue weighted by atomic mass is 32.2. The minimum Gasteiger partial charge on any atom is -0.404 e. The Kier molecular flexibility index (Phi) is 20.9. The Morgan fingerprint density at radius 1 is 0.485 bits per heavy atom. The number of rotatable bonds is 24. The third kappa shape index (κ3) is 15.8. The van der Waals surface area contributed by atoms with Gasteiger partial charge in [-0.3, -0.25) is 0 Å². The maximum absolute atomic E-state index is 14.2. The lowest BCUT2D eigenvalue weighted by atomic mass is 10.0. The molecule has 2 unspecified atom stereocenters. The molecule has 0 bridgehead atoms. The fourth-order valence-corrected chi connectivity index (χ4v) is 16.6. The molecule has 0 spiro atoms. The second-order valence-electron chi connectivity index (χ2n) is 19.3. The van der Waals surface area contributed by atoms with Crippen molar-refractivity contribution in [2.24, 2.45) is 0 Å². The number of benzene rings is 4. The fraction of sp³-hybridized carbons (Fsp3) is 0.379. The molecular weight excluding hydrogens is 869 g/mol. The number of hydrogen-bond acceptors (Lipinski definition) is 5. The first kappa shape index (κ1) is 54.0. The van der Waals surface area contributed by atoms with Crippen LogP contribution in [0.2, 0.25) is 5.04 Å². The van der Waals surface area contributed by atoms with Gasteiger partial charge in [0, 0.05) is 0 Å². The van der Waals surface area contributed by atoms with Crippen LogP contribution in [0.1, 0.15) is 121 Å². The maximum Gasteiger partial charge on any atom is 0.261 e. The minimum absolute atomic E-state index is 0.101. The summed E-state index contributed by atoms with van der Waals surface area (Å²) in [5.74, 6) is 0. The van der Waals surface area contributed by atoms with Gasteiger partial charge < -0.3 is 4.43 Å². The quantitative estimate of drug-likeness (QED) is 0.0517. The molecule has 0 fully saturated rings. The lowest BCUT2D eigenvalue weighted by Crippen LogP contribution is -2.66. The van der Waals surface area contributed by atoms with Crippen molar-refractivity contribution in [2.45, 2.75) is 146 Å². The van der Waals surface area contributed by atoms with E-state index in [1.54, 1.807) is 48.5 Å². The van der Waals surface area contributed by atoms with Gasteiger partial charge in [-0.15, -0.1) is 0 Å². The predicted octanol–water partition coefficient (Wildman–Crippen LogP) is 14.1. The van der Waals surface area contributed by atoms with Crippen LogP contribution in [0.3, 0.4) is 0 Å². The first-order valence-corrected chi connectivity index (χ1v) is 28.5. The first-order valence-electron chi connectivity index (χ1n) is 23.5. The molecule has 5 nitrogen and oxygen atoms in total. The van der Waals surface area contributed by atoms with E-state index >= 15 is 0 Å². The molecule has 0 radical (unpaired) electrons. The van der Waals surface area contributed by atoms with Crippen LogP contribution in [0, 0.1) is 0 Å². The molecule has 0 saturated carbocycles. The maximum atomic E-state index is 14.2. The summed E-state index contributed by atoms with van der Waals surface area (Å²) in [5, 5.41) is 1.01.